The van der Waals surface area contributed by atoms with E-state index in [9.17, 15) is 0 Å². The van der Waals surface area contributed by atoms with Crippen molar-refractivity contribution in [3.05, 3.63) is 18.1 Å². The smallest absolute Gasteiger partial charge is 0.118 e. The lowest BCUT2D eigenvalue weighted by Gasteiger charge is -2.06. The summed E-state index contributed by atoms with van der Waals surface area (Å²) < 4.78 is 0. The van der Waals surface area contributed by atoms with Crippen LogP contribution in [0.3, 0.4) is 0 Å². The molecule has 66 valence electrons. The molecule has 0 saturated carbocycles. The predicted octanol–water partition coefficient (Wildman–Crippen LogP) is 2.50. The molecule has 1 rings (SSSR count). The van der Waals surface area contributed by atoms with Crippen molar-refractivity contribution in [2.24, 2.45) is 0 Å². The maximum atomic E-state index is 5.69. The van der Waals surface area contributed by atoms with Crippen LogP contribution in [0.2, 0.25) is 0 Å². The fourth-order valence-corrected chi connectivity index (χ4v) is 1.71. The highest BCUT2D eigenvalue weighted by atomic mass is 35.5. The van der Waals surface area contributed by atoms with E-state index in [-0.39, 0.29) is 0 Å². The fourth-order valence-electron chi connectivity index (χ4n) is 0.733. The van der Waals surface area contributed by atoms with Crippen molar-refractivity contribution >= 4 is 23.4 Å². The van der Waals surface area contributed by atoms with E-state index < -0.39 is 0 Å². The number of thioether (sulfide) groups is 1. The van der Waals surface area contributed by atoms with Gasteiger partial charge in [-0.2, -0.15) is 0 Å². The Kier molecular flexibility index (Phi) is 3.82. The third-order valence-electron chi connectivity index (χ3n) is 1.37. The van der Waals surface area contributed by atoms with E-state index >= 15 is 0 Å². The van der Waals surface area contributed by atoms with Crippen molar-refractivity contribution in [3.63, 3.8) is 0 Å². The highest BCUT2D eigenvalue weighted by Crippen LogP contribution is 2.23. The molecule has 0 fully saturated rings. The Hall–Kier alpha value is -0.280. The minimum atomic E-state index is 0.391. The molecule has 1 atom stereocenters. The third-order valence-corrected chi connectivity index (χ3v) is 3.21. The molecule has 0 aliphatic heterocycles. The van der Waals surface area contributed by atoms with Gasteiger partial charge < -0.3 is 0 Å². The van der Waals surface area contributed by atoms with Crippen LogP contribution < -0.4 is 0 Å². The second-order valence-electron chi connectivity index (χ2n) is 2.53. The van der Waals surface area contributed by atoms with Crippen LogP contribution in [0.15, 0.2) is 17.4 Å². The average Bonchev–Trinajstić information content (AvgIpc) is 2.09. The Morgan fingerprint density at radius 2 is 2.17 bits per heavy atom. The van der Waals surface area contributed by atoms with E-state index in [2.05, 4.69) is 16.9 Å². The summed E-state index contributed by atoms with van der Waals surface area (Å²) in [4.78, 5) is 8.35. The average molecular weight is 203 g/mol. The first-order valence-electron chi connectivity index (χ1n) is 3.74. The molecule has 0 radical (unpaired) electrons. The molecular weight excluding hydrogens is 192 g/mol. The quantitative estimate of drug-likeness (QED) is 0.557. The molecule has 1 unspecified atom stereocenters. The van der Waals surface area contributed by atoms with Gasteiger partial charge in [-0.25, -0.2) is 4.98 Å². The molecule has 0 saturated heterocycles. The molecule has 0 amide bonds. The van der Waals surface area contributed by atoms with Crippen LogP contribution in [0.1, 0.15) is 12.6 Å². The molecule has 0 N–H and O–H groups in total. The number of halogens is 1. The van der Waals surface area contributed by atoms with E-state index in [4.69, 9.17) is 11.6 Å². The van der Waals surface area contributed by atoms with Crippen molar-refractivity contribution in [3.8, 4) is 0 Å². The molecule has 0 aliphatic rings. The maximum absolute atomic E-state index is 5.69. The molecule has 0 bridgehead atoms. The zero-order valence-corrected chi connectivity index (χ0v) is 8.69. The number of hydrogen-bond acceptors (Lipinski definition) is 3. The van der Waals surface area contributed by atoms with Crippen LogP contribution in [-0.2, 0) is 0 Å². The first-order chi connectivity index (χ1) is 5.74. The zero-order valence-electron chi connectivity index (χ0n) is 7.12. The molecule has 2 nitrogen and oxygen atoms in total. The van der Waals surface area contributed by atoms with Crippen molar-refractivity contribution in [1.29, 1.82) is 0 Å². The Labute approximate surface area is 81.8 Å². The number of hydrogen-bond donors (Lipinski definition) is 0. The van der Waals surface area contributed by atoms with Gasteiger partial charge in [0.2, 0.25) is 0 Å². The number of aromatic nitrogens is 2. The van der Waals surface area contributed by atoms with Crippen LogP contribution in [0.5, 0.6) is 0 Å². The molecule has 1 aromatic rings. The van der Waals surface area contributed by atoms with Gasteiger partial charge in [0.15, 0.2) is 0 Å². The monoisotopic (exact) mass is 202 g/mol. The third kappa shape index (κ3) is 2.64. The summed E-state index contributed by atoms with van der Waals surface area (Å²) in [5.74, 6) is 0.640. The van der Waals surface area contributed by atoms with E-state index in [1.165, 1.54) is 0 Å². The van der Waals surface area contributed by atoms with Crippen LogP contribution >= 0.6 is 23.4 Å². The van der Waals surface area contributed by atoms with Gasteiger partial charge >= 0.3 is 0 Å². The van der Waals surface area contributed by atoms with Crippen LogP contribution in [-0.4, -0.2) is 21.1 Å². The van der Waals surface area contributed by atoms with Gasteiger partial charge in [0.05, 0.1) is 5.69 Å². The second-order valence-corrected chi connectivity index (χ2v) is 4.27. The van der Waals surface area contributed by atoms with E-state index in [0.29, 0.717) is 11.1 Å². The minimum Gasteiger partial charge on any atom is -0.257 e. The van der Waals surface area contributed by atoms with Gasteiger partial charge in [0.1, 0.15) is 5.03 Å². The largest absolute Gasteiger partial charge is 0.257 e. The molecule has 12 heavy (non-hydrogen) atoms. The molecule has 0 spiro atoms. The second kappa shape index (κ2) is 4.67. The molecule has 4 heteroatoms. The lowest BCUT2D eigenvalue weighted by Crippen LogP contribution is -1.99. The Bertz CT molecular complexity index is 255. The summed E-state index contributed by atoms with van der Waals surface area (Å²) in [6, 6.07) is 0. The van der Waals surface area contributed by atoms with Crippen molar-refractivity contribution in [2.45, 2.75) is 24.1 Å². The van der Waals surface area contributed by atoms with Crippen molar-refractivity contribution < 1.29 is 0 Å². The zero-order chi connectivity index (χ0) is 8.97. The molecule has 0 aliphatic carbocycles. The molecular formula is C8H11ClN2S. The topological polar surface area (TPSA) is 25.8 Å². The number of rotatable bonds is 3. The van der Waals surface area contributed by atoms with Gasteiger partial charge in [0.25, 0.3) is 0 Å². The van der Waals surface area contributed by atoms with Crippen molar-refractivity contribution in [1.82, 2.24) is 9.97 Å². The van der Waals surface area contributed by atoms with E-state index in [1.807, 2.05) is 6.92 Å². The highest BCUT2D eigenvalue weighted by molar-refractivity contribution is 8.00. The van der Waals surface area contributed by atoms with E-state index in [0.717, 1.165) is 10.7 Å². The Balaban J connectivity index is 2.69. The van der Waals surface area contributed by atoms with Gasteiger partial charge in [0, 0.05) is 23.5 Å². The highest BCUT2D eigenvalue weighted by Gasteiger charge is 2.06. The van der Waals surface area contributed by atoms with Gasteiger partial charge in [-0.05, 0) is 6.92 Å². The predicted molar refractivity (Wildman–Crippen MR) is 52.8 cm³/mol. The normalized spacial score (nSPS) is 12.9. The van der Waals surface area contributed by atoms with Gasteiger partial charge in [-0.1, -0.05) is 6.92 Å². The molecule has 1 heterocycles. The summed E-state index contributed by atoms with van der Waals surface area (Å²) in [6.07, 6.45) is 3.40. The van der Waals surface area contributed by atoms with Crippen molar-refractivity contribution in [2.75, 3.05) is 5.88 Å². The first kappa shape index (κ1) is 9.81. The number of aryl methyl sites for hydroxylation is 1. The molecule has 1 aromatic heterocycles. The van der Waals surface area contributed by atoms with Crippen LogP contribution in [0.4, 0.5) is 0 Å². The summed E-state index contributed by atoms with van der Waals surface area (Å²) >= 11 is 7.35. The summed E-state index contributed by atoms with van der Waals surface area (Å²) in [5.41, 5.74) is 0.972. The lowest BCUT2D eigenvalue weighted by molar-refractivity contribution is 0.975. The van der Waals surface area contributed by atoms with Gasteiger partial charge in [-0.3, -0.25) is 4.98 Å². The maximum Gasteiger partial charge on any atom is 0.118 e. The van der Waals surface area contributed by atoms with Crippen LogP contribution in [0.25, 0.3) is 0 Å². The SMILES string of the molecule is Cc1nccnc1SC(C)CCl. The van der Waals surface area contributed by atoms with E-state index in [1.54, 1.807) is 24.2 Å². The Morgan fingerprint density at radius 3 is 2.75 bits per heavy atom. The Morgan fingerprint density at radius 1 is 1.50 bits per heavy atom. The summed E-state index contributed by atoms with van der Waals surface area (Å²) in [7, 11) is 0. The lowest BCUT2D eigenvalue weighted by atomic mass is 10.5. The molecule has 0 aromatic carbocycles. The number of alkyl halides is 1. The summed E-state index contributed by atoms with van der Waals surface area (Å²) in [5, 5.41) is 1.37. The van der Waals surface area contributed by atoms with Crippen LogP contribution in [0, 0.1) is 6.92 Å². The first-order valence-corrected chi connectivity index (χ1v) is 5.15. The minimum absolute atomic E-state index is 0.391. The number of nitrogens with zero attached hydrogens (tertiary/aromatic N) is 2. The standard InChI is InChI=1S/C8H11ClN2S/c1-6(5-9)12-8-7(2)10-3-4-11-8/h3-4,6H,5H2,1-2H3. The summed E-state index contributed by atoms with van der Waals surface area (Å²) in [6.45, 7) is 4.03. The van der Waals surface area contributed by atoms with Gasteiger partial charge in [-0.15, -0.1) is 23.4 Å². The fraction of sp³-hybridized carbons (Fsp3) is 0.500.